The van der Waals surface area contributed by atoms with Gasteiger partial charge in [0.15, 0.2) is 0 Å². The SMILES string of the molecule is CCN(Cc1ccccc1)S(=O)(=O)c1ccccc1NN. The third-order valence-corrected chi connectivity index (χ3v) is 5.19. The number of nitrogens with one attached hydrogen (secondary N) is 1. The lowest BCUT2D eigenvalue weighted by molar-refractivity contribution is 0.423. The average molecular weight is 305 g/mol. The normalized spacial score (nSPS) is 11.6. The zero-order chi connectivity index (χ0) is 15.3. The number of nitrogen functional groups attached to an aromatic ring is 1. The standard InChI is InChI=1S/C15H19N3O2S/c1-2-18(12-13-8-4-3-5-9-13)21(19,20)15-11-7-6-10-14(15)17-16/h3-11,17H,2,12,16H2,1H3. The van der Waals surface area contributed by atoms with E-state index in [0.717, 1.165) is 5.56 Å². The fraction of sp³-hybridized carbons (Fsp3) is 0.200. The molecule has 3 N–H and O–H groups in total. The van der Waals surface area contributed by atoms with Gasteiger partial charge in [0.2, 0.25) is 10.0 Å². The fourth-order valence-corrected chi connectivity index (χ4v) is 3.70. The number of hydrogen-bond donors (Lipinski definition) is 2. The Kier molecular flexibility index (Phi) is 4.95. The van der Waals surface area contributed by atoms with Gasteiger partial charge < -0.3 is 5.43 Å². The molecule has 0 atom stereocenters. The van der Waals surface area contributed by atoms with E-state index in [0.29, 0.717) is 18.8 Å². The molecule has 0 saturated heterocycles. The Morgan fingerprint density at radius 2 is 1.67 bits per heavy atom. The van der Waals surface area contributed by atoms with Gasteiger partial charge in [-0.2, -0.15) is 4.31 Å². The highest BCUT2D eigenvalue weighted by molar-refractivity contribution is 7.89. The van der Waals surface area contributed by atoms with E-state index in [1.54, 1.807) is 24.3 Å². The average Bonchev–Trinajstić information content (AvgIpc) is 2.53. The molecule has 21 heavy (non-hydrogen) atoms. The van der Waals surface area contributed by atoms with Gasteiger partial charge in [-0.05, 0) is 17.7 Å². The maximum absolute atomic E-state index is 12.8. The number of hydrogen-bond acceptors (Lipinski definition) is 4. The first-order chi connectivity index (χ1) is 10.1. The van der Waals surface area contributed by atoms with Crippen LogP contribution in [0.4, 0.5) is 5.69 Å². The molecule has 0 unspecified atom stereocenters. The summed E-state index contributed by atoms with van der Waals surface area (Å²) in [6.07, 6.45) is 0. The van der Waals surface area contributed by atoms with E-state index in [4.69, 9.17) is 5.84 Å². The topological polar surface area (TPSA) is 75.4 Å². The van der Waals surface area contributed by atoms with Crippen LogP contribution in [0.1, 0.15) is 12.5 Å². The summed E-state index contributed by atoms with van der Waals surface area (Å²) in [6, 6.07) is 16.1. The second-order valence-corrected chi connectivity index (χ2v) is 6.46. The van der Waals surface area contributed by atoms with Crippen molar-refractivity contribution in [2.45, 2.75) is 18.4 Å². The molecule has 0 aliphatic rings. The Morgan fingerprint density at radius 1 is 1.05 bits per heavy atom. The highest BCUT2D eigenvalue weighted by atomic mass is 32.2. The molecule has 0 saturated carbocycles. The van der Waals surface area contributed by atoms with Crippen LogP contribution in [0.5, 0.6) is 0 Å². The van der Waals surface area contributed by atoms with Gasteiger partial charge in [0.05, 0.1) is 5.69 Å². The lowest BCUT2D eigenvalue weighted by Gasteiger charge is -2.22. The van der Waals surface area contributed by atoms with Gasteiger partial charge in [0, 0.05) is 13.1 Å². The van der Waals surface area contributed by atoms with Crippen LogP contribution in [-0.4, -0.2) is 19.3 Å². The lowest BCUT2D eigenvalue weighted by Crippen LogP contribution is -2.31. The predicted octanol–water partition coefficient (Wildman–Crippen LogP) is 2.18. The third-order valence-electron chi connectivity index (χ3n) is 3.21. The monoisotopic (exact) mass is 305 g/mol. The van der Waals surface area contributed by atoms with Gasteiger partial charge in [0.25, 0.3) is 0 Å². The van der Waals surface area contributed by atoms with Crippen LogP contribution >= 0.6 is 0 Å². The maximum Gasteiger partial charge on any atom is 0.245 e. The van der Waals surface area contributed by atoms with Crippen molar-refractivity contribution in [2.24, 2.45) is 5.84 Å². The second kappa shape index (κ2) is 6.71. The molecule has 2 rings (SSSR count). The number of rotatable bonds is 6. The predicted molar refractivity (Wildman–Crippen MR) is 84.0 cm³/mol. The van der Waals surface area contributed by atoms with Gasteiger partial charge in [-0.3, -0.25) is 5.84 Å². The molecule has 2 aromatic carbocycles. The number of sulfonamides is 1. The van der Waals surface area contributed by atoms with Gasteiger partial charge >= 0.3 is 0 Å². The molecule has 0 radical (unpaired) electrons. The van der Waals surface area contributed by atoms with Crippen molar-refractivity contribution >= 4 is 15.7 Å². The molecule has 0 aromatic heterocycles. The number of para-hydroxylation sites is 1. The van der Waals surface area contributed by atoms with Crippen LogP contribution < -0.4 is 11.3 Å². The first-order valence-corrected chi connectivity index (χ1v) is 8.13. The van der Waals surface area contributed by atoms with Gasteiger partial charge in [-0.25, -0.2) is 8.42 Å². The third kappa shape index (κ3) is 3.41. The maximum atomic E-state index is 12.8. The van der Waals surface area contributed by atoms with Crippen molar-refractivity contribution in [2.75, 3.05) is 12.0 Å². The van der Waals surface area contributed by atoms with Crippen molar-refractivity contribution in [1.29, 1.82) is 0 Å². The molecule has 2 aromatic rings. The molecule has 5 nitrogen and oxygen atoms in total. The minimum absolute atomic E-state index is 0.185. The van der Waals surface area contributed by atoms with Crippen LogP contribution in [0.15, 0.2) is 59.5 Å². The smallest absolute Gasteiger partial charge is 0.245 e. The quantitative estimate of drug-likeness (QED) is 0.633. The second-order valence-electron chi connectivity index (χ2n) is 4.56. The molecule has 0 aliphatic heterocycles. The van der Waals surface area contributed by atoms with E-state index in [1.807, 2.05) is 37.3 Å². The van der Waals surface area contributed by atoms with Crippen molar-refractivity contribution in [3.05, 3.63) is 60.2 Å². The molecule has 112 valence electrons. The van der Waals surface area contributed by atoms with Crippen LogP contribution in [0, 0.1) is 0 Å². The zero-order valence-corrected chi connectivity index (χ0v) is 12.7. The molecule has 6 heteroatoms. The number of nitrogens with two attached hydrogens (primary N) is 1. The van der Waals surface area contributed by atoms with Crippen molar-refractivity contribution in [1.82, 2.24) is 4.31 Å². The van der Waals surface area contributed by atoms with E-state index in [1.165, 1.54) is 4.31 Å². The molecular weight excluding hydrogens is 286 g/mol. The summed E-state index contributed by atoms with van der Waals surface area (Å²) in [7, 11) is -3.60. The Hall–Kier alpha value is -1.89. The summed E-state index contributed by atoms with van der Waals surface area (Å²) in [5, 5.41) is 0. The van der Waals surface area contributed by atoms with Crippen molar-refractivity contribution in [3.8, 4) is 0 Å². The highest BCUT2D eigenvalue weighted by Crippen LogP contribution is 2.24. The highest BCUT2D eigenvalue weighted by Gasteiger charge is 2.25. The zero-order valence-electron chi connectivity index (χ0n) is 11.9. The first kappa shape index (κ1) is 15.5. The van der Waals surface area contributed by atoms with Crippen LogP contribution in [-0.2, 0) is 16.6 Å². The molecule has 0 bridgehead atoms. The Morgan fingerprint density at radius 3 is 2.29 bits per heavy atom. The van der Waals surface area contributed by atoms with Crippen LogP contribution in [0.3, 0.4) is 0 Å². The number of benzene rings is 2. The van der Waals surface area contributed by atoms with Gasteiger partial charge in [0.1, 0.15) is 4.90 Å². The van der Waals surface area contributed by atoms with E-state index in [-0.39, 0.29) is 4.90 Å². The molecule has 0 aliphatic carbocycles. The van der Waals surface area contributed by atoms with E-state index in [2.05, 4.69) is 5.43 Å². The van der Waals surface area contributed by atoms with Gasteiger partial charge in [-0.1, -0.05) is 49.4 Å². The van der Waals surface area contributed by atoms with E-state index < -0.39 is 10.0 Å². The minimum atomic E-state index is -3.60. The van der Waals surface area contributed by atoms with E-state index >= 15 is 0 Å². The summed E-state index contributed by atoms with van der Waals surface area (Å²) in [5.41, 5.74) is 3.78. The molecule has 0 fully saturated rings. The van der Waals surface area contributed by atoms with Crippen LogP contribution in [0.25, 0.3) is 0 Å². The molecule has 0 spiro atoms. The largest absolute Gasteiger partial charge is 0.323 e. The minimum Gasteiger partial charge on any atom is -0.323 e. The van der Waals surface area contributed by atoms with Crippen LogP contribution in [0.2, 0.25) is 0 Å². The summed E-state index contributed by atoms with van der Waals surface area (Å²) in [4.78, 5) is 0.185. The first-order valence-electron chi connectivity index (χ1n) is 6.69. The Labute approximate surface area is 125 Å². The number of hydrazine groups is 1. The van der Waals surface area contributed by atoms with Gasteiger partial charge in [-0.15, -0.1) is 0 Å². The molecular formula is C15H19N3O2S. The number of nitrogens with zero attached hydrogens (tertiary/aromatic N) is 1. The Bertz CT molecular complexity index is 687. The summed E-state index contributed by atoms with van der Waals surface area (Å²) in [5.74, 6) is 5.41. The lowest BCUT2D eigenvalue weighted by atomic mass is 10.2. The summed E-state index contributed by atoms with van der Waals surface area (Å²) >= 11 is 0. The van der Waals surface area contributed by atoms with E-state index in [9.17, 15) is 8.42 Å². The fourth-order valence-electron chi connectivity index (χ4n) is 2.10. The molecule has 0 heterocycles. The summed E-state index contributed by atoms with van der Waals surface area (Å²) < 4.78 is 27.0. The van der Waals surface area contributed by atoms with Crippen molar-refractivity contribution in [3.63, 3.8) is 0 Å². The number of anilines is 1. The summed E-state index contributed by atoms with van der Waals surface area (Å²) in [6.45, 7) is 2.54. The van der Waals surface area contributed by atoms with Crippen molar-refractivity contribution < 1.29 is 8.42 Å². The molecule has 0 amide bonds. The Balaban J connectivity index is 2.36.